The summed E-state index contributed by atoms with van der Waals surface area (Å²) in [6.07, 6.45) is 1.28. The fraction of sp³-hybridized carbons (Fsp3) is 0.267. The largest absolute Gasteiger partial charge is 0.396 e. The van der Waals surface area contributed by atoms with Crippen LogP contribution in [0.2, 0.25) is 5.02 Å². The van der Waals surface area contributed by atoms with Gasteiger partial charge in [0.2, 0.25) is 0 Å². The molecule has 2 aromatic heterocycles. The Morgan fingerprint density at radius 2 is 1.95 bits per heavy atom. The van der Waals surface area contributed by atoms with Crippen molar-refractivity contribution >= 4 is 28.6 Å². The van der Waals surface area contributed by atoms with E-state index in [9.17, 15) is 0 Å². The van der Waals surface area contributed by atoms with Gasteiger partial charge in [0, 0.05) is 24.2 Å². The number of halogens is 1. The van der Waals surface area contributed by atoms with Crippen LogP contribution in [-0.4, -0.2) is 31.5 Å². The fourth-order valence-electron chi connectivity index (χ4n) is 2.37. The Kier molecular flexibility index (Phi) is 3.96. The molecule has 0 saturated carbocycles. The summed E-state index contributed by atoms with van der Waals surface area (Å²) in [5, 5.41) is 14.1. The van der Waals surface area contributed by atoms with Gasteiger partial charge in [0.15, 0.2) is 11.5 Å². The standard InChI is InChI=1S/C15H16ClN5O/c1-21-15-13(11(20-21)3-2-8-22)18-12(14(17)19-15)9-4-6-10(16)7-5-9/h4-7,22H,2-3,8H2,1H3,(H2,17,19). The number of aryl methyl sites for hydroxylation is 2. The third-order valence-electron chi connectivity index (χ3n) is 3.44. The molecule has 0 radical (unpaired) electrons. The predicted molar refractivity (Wildman–Crippen MR) is 86.6 cm³/mol. The number of hydrogen-bond donors (Lipinski definition) is 2. The average molecular weight is 318 g/mol. The van der Waals surface area contributed by atoms with E-state index in [0.717, 1.165) is 16.8 Å². The smallest absolute Gasteiger partial charge is 0.178 e. The minimum atomic E-state index is 0.116. The minimum absolute atomic E-state index is 0.116. The number of aromatic nitrogens is 4. The second-order valence-electron chi connectivity index (χ2n) is 5.03. The van der Waals surface area contributed by atoms with Gasteiger partial charge in [-0.3, -0.25) is 0 Å². The average Bonchev–Trinajstić information content (AvgIpc) is 2.81. The molecular weight excluding hydrogens is 302 g/mol. The minimum Gasteiger partial charge on any atom is -0.396 e. The highest BCUT2D eigenvalue weighted by atomic mass is 35.5. The van der Waals surface area contributed by atoms with E-state index >= 15 is 0 Å². The Morgan fingerprint density at radius 3 is 2.64 bits per heavy atom. The number of nitrogens with two attached hydrogens (primary N) is 1. The molecule has 114 valence electrons. The lowest BCUT2D eigenvalue weighted by Crippen LogP contribution is -2.00. The predicted octanol–water partition coefficient (Wildman–Crippen LogP) is 2.19. The van der Waals surface area contributed by atoms with E-state index in [1.165, 1.54) is 0 Å². The van der Waals surface area contributed by atoms with E-state index < -0.39 is 0 Å². The van der Waals surface area contributed by atoms with Gasteiger partial charge in [-0.25, -0.2) is 14.6 Å². The lowest BCUT2D eigenvalue weighted by Gasteiger charge is -2.05. The van der Waals surface area contributed by atoms with Crippen LogP contribution in [0.4, 0.5) is 5.82 Å². The van der Waals surface area contributed by atoms with Crippen LogP contribution in [0.25, 0.3) is 22.4 Å². The van der Waals surface area contributed by atoms with Gasteiger partial charge in [-0.1, -0.05) is 23.7 Å². The van der Waals surface area contributed by atoms with Crippen molar-refractivity contribution in [3.05, 3.63) is 35.0 Å². The van der Waals surface area contributed by atoms with Crippen molar-refractivity contribution in [2.24, 2.45) is 7.05 Å². The molecule has 0 aliphatic carbocycles. The molecule has 1 aromatic carbocycles. The van der Waals surface area contributed by atoms with E-state index in [4.69, 9.17) is 22.4 Å². The third-order valence-corrected chi connectivity index (χ3v) is 3.70. The fourth-order valence-corrected chi connectivity index (χ4v) is 2.50. The number of aliphatic hydroxyl groups excluding tert-OH is 1. The maximum atomic E-state index is 9.01. The van der Waals surface area contributed by atoms with Crippen LogP contribution in [0.5, 0.6) is 0 Å². The Balaban J connectivity index is 2.15. The van der Waals surface area contributed by atoms with Crippen molar-refractivity contribution in [3.63, 3.8) is 0 Å². The normalized spacial score (nSPS) is 11.2. The van der Waals surface area contributed by atoms with Crippen LogP contribution in [0.3, 0.4) is 0 Å². The van der Waals surface area contributed by atoms with E-state index in [-0.39, 0.29) is 6.61 Å². The zero-order chi connectivity index (χ0) is 15.7. The van der Waals surface area contributed by atoms with Crippen molar-refractivity contribution in [2.75, 3.05) is 12.3 Å². The molecule has 22 heavy (non-hydrogen) atoms. The van der Waals surface area contributed by atoms with E-state index in [2.05, 4.69) is 15.1 Å². The van der Waals surface area contributed by atoms with Gasteiger partial charge in [0.25, 0.3) is 0 Å². The van der Waals surface area contributed by atoms with Gasteiger partial charge in [-0.2, -0.15) is 5.10 Å². The van der Waals surface area contributed by atoms with Crippen LogP contribution in [-0.2, 0) is 13.5 Å². The van der Waals surface area contributed by atoms with Gasteiger partial charge in [0.05, 0.1) is 5.69 Å². The first-order valence-corrected chi connectivity index (χ1v) is 7.34. The van der Waals surface area contributed by atoms with Crippen molar-refractivity contribution in [1.82, 2.24) is 19.7 Å². The summed E-state index contributed by atoms with van der Waals surface area (Å²) in [6, 6.07) is 7.30. The number of benzene rings is 1. The number of rotatable bonds is 4. The Morgan fingerprint density at radius 1 is 1.23 bits per heavy atom. The summed E-state index contributed by atoms with van der Waals surface area (Å²) in [5.41, 5.74) is 9.69. The summed E-state index contributed by atoms with van der Waals surface area (Å²) in [4.78, 5) is 9.08. The van der Waals surface area contributed by atoms with Crippen LogP contribution < -0.4 is 5.73 Å². The van der Waals surface area contributed by atoms with Crippen LogP contribution in [0.15, 0.2) is 24.3 Å². The highest BCUT2D eigenvalue weighted by molar-refractivity contribution is 6.30. The second-order valence-corrected chi connectivity index (χ2v) is 5.47. The van der Waals surface area contributed by atoms with Crippen LogP contribution in [0.1, 0.15) is 12.1 Å². The summed E-state index contributed by atoms with van der Waals surface area (Å²) in [5.74, 6) is 0.353. The van der Waals surface area contributed by atoms with Gasteiger partial charge in [-0.05, 0) is 25.0 Å². The summed E-state index contributed by atoms with van der Waals surface area (Å²) in [7, 11) is 1.81. The Hall–Kier alpha value is -2.18. The lowest BCUT2D eigenvalue weighted by molar-refractivity contribution is 0.288. The van der Waals surface area contributed by atoms with Crippen LogP contribution >= 0.6 is 11.6 Å². The first-order valence-electron chi connectivity index (χ1n) is 6.96. The number of nitrogens with zero attached hydrogens (tertiary/aromatic N) is 4. The molecule has 0 bridgehead atoms. The van der Waals surface area contributed by atoms with Gasteiger partial charge < -0.3 is 10.8 Å². The van der Waals surface area contributed by atoms with E-state index in [1.54, 1.807) is 23.9 Å². The van der Waals surface area contributed by atoms with Crippen molar-refractivity contribution < 1.29 is 5.11 Å². The quantitative estimate of drug-likeness (QED) is 0.770. The van der Waals surface area contributed by atoms with E-state index in [0.29, 0.717) is 35.0 Å². The SMILES string of the molecule is Cn1nc(CCCO)c2nc(-c3ccc(Cl)cc3)c(N)nc21. The monoisotopic (exact) mass is 317 g/mol. The van der Waals surface area contributed by atoms with Crippen LogP contribution in [0, 0.1) is 0 Å². The molecule has 0 amide bonds. The number of aliphatic hydroxyl groups is 1. The molecule has 0 spiro atoms. The summed E-state index contributed by atoms with van der Waals surface area (Å²) >= 11 is 5.92. The van der Waals surface area contributed by atoms with Gasteiger partial charge >= 0.3 is 0 Å². The highest BCUT2D eigenvalue weighted by Gasteiger charge is 2.15. The van der Waals surface area contributed by atoms with Crippen molar-refractivity contribution in [3.8, 4) is 11.3 Å². The van der Waals surface area contributed by atoms with Gasteiger partial charge in [0.1, 0.15) is 11.2 Å². The molecule has 0 unspecified atom stereocenters. The molecular formula is C15H16ClN5O. The number of fused-ring (bicyclic) bond motifs is 1. The Labute approximate surface area is 132 Å². The van der Waals surface area contributed by atoms with Crippen molar-refractivity contribution in [1.29, 1.82) is 0 Å². The Bertz CT molecular complexity index is 813. The van der Waals surface area contributed by atoms with Gasteiger partial charge in [-0.15, -0.1) is 0 Å². The molecule has 3 aromatic rings. The molecule has 0 aliphatic rings. The highest BCUT2D eigenvalue weighted by Crippen LogP contribution is 2.27. The first kappa shape index (κ1) is 14.7. The maximum Gasteiger partial charge on any atom is 0.178 e. The molecule has 2 heterocycles. The number of hydrogen-bond acceptors (Lipinski definition) is 5. The molecule has 7 heteroatoms. The molecule has 0 saturated heterocycles. The van der Waals surface area contributed by atoms with E-state index in [1.807, 2.05) is 12.1 Å². The first-order chi connectivity index (χ1) is 10.6. The number of nitrogen functional groups attached to an aromatic ring is 1. The molecule has 0 fully saturated rings. The molecule has 0 atom stereocenters. The third kappa shape index (κ3) is 2.63. The molecule has 0 aliphatic heterocycles. The lowest BCUT2D eigenvalue weighted by atomic mass is 10.1. The summed E-state index contributed by atoms with van der Waals surface area (Å²) < 4.78 is 1.66. The molecule has 3 N–H and O–H groups in total. The molecule has 6 nitrogen and oxygen atoms in total. The molecule has 3 rings (SSSR count). The zero-order valence-electron chi connectivity index (χ0n) is 12.1. The maximum absolute atomic E-state index is 9.01. The zero-order valence-corrected chi connectivity index (χ0v) is 12.9. The topological polar surface area (TPSA) is 89.8 Å². The number of anilines is 1. The summed E-state index contributed by atoms with van der Waals surface area (Å²) in [6.45, 7) is 0.116. The second kappa shape index (κ2) is 5.90. The van der Waals surface area contributed by atoms with Crippen molar-refractivity contribution in [2.45, 2.75) is 12.8 Å².